The number of imide groups is 1. The lowest BCUT2D eigenvalue weighted by Gasteiger charge is -2.11. The van der Waals surface area contributed by atoms with E-state index in [0.29, 0.717) is 17.9 Å². The van der Waals surface area contributed by atoms with Crippen molar-refractivity contribution in [1.82, 2.24) is 4.90 Å². The predicted molar refractivity (Wildman–Crippen MR) is 114 cm³/mol. The van der Waals surface area contributed by atoms with Crippen molar-refractivity contribution in [2.75, 3.05) is 13.7 Å². The molecule has 1 aliphatic heterocycles. The average molecular weight is 476 g/mol. The third-order valence-electron chi connectivity index (χ3n) is 4.12. The van der Waals surface area contributed by atoms with Gasteiger partial charge in [-0.2, -0.15) is 0 Å². The summed E-state index contributed by atoms with van der Waals surface area (Å²) in [6, 6.07) is 13.4. The van der Waals surface area contributed by atoms with E-state index < -0.39 is 23.7 Å². The third-order valence-corrected chi connectivity index (χ3v) is 5.52. The van der Waals surface area contributed by atoms with Gasteiger partial charge in [-0.25, -0.2) is 0 Å². The van der Waals surface area contributed by atoms with Gasteiger partial charge in [-0.3, -0.25) is 19.3 Å². The van der Waals surface area contributed by atoms with Crippen LogP contribution >= 0.6 is 27.7 Å². The molecule has 8 heteroatoms. The van der Waals surface area contributed by atoms with Gasteiger partial charge < -0.3 is 9.47 Å². The number of halogens is 1. The smallest absolute Gasteiger partial charge is 0.325 e. The quantitative estimate of drug-likeness (QED) is 0.450. The van der Waals surface area contributed by atoms with E-state index in [1.54, 1.807) is 18.2 Å². The highest BCUT2D eigenvalue weighted by molar-refractivity contribution is 9.10. The molecule has 0 bridgehead atoms. The lowest BCUT2D eigenvalue weighted by molar-refractivity contribution is -0.143. The summed E-state index contributed by atoms with van der Waals surface area (Å²) in [5, 5.41) is -0.510. The standard InChI is InChI=1S/C21H18BrNO5S/c1-13-4-3-5-14(8-13)12-28-17-7-6-16(22)9-15(17)10-18-20(25)23(21(26)29-18)11-19(24)27-2/h3-10H,11-12H2,1-2H3/b18-10+. The third kappa shape index (κ3) is 5.27. The molecule has 1 heterocycles. The first-order chi connectivity index (χ1) is 13.9. The number of ether oxygens (including phenoxy) is 2. The highest BCUT2D eigenvalue weighted by Gasteiger charge is 2.36. The first-order valence-electron chi connectivity index (χ1n) is 8.67. The van der Waals surface area contributed by atoms with Crippen LogP contribution in [-0.4, -0.2) is 35.7 Å². The normalized spacial score (nSPS) is 15.1. The van der Waals surface area contributed by atoms with Crippen molar-refractivity contribution in [3.63, 3.8) is 0 Å². The van der Waals surface area contributed by atoms with Crippen molar-refractivity contribution in [1.29, 1.82) is 0 Å². The number of methoxy groups -OCH3 is 1. The number of thioether (sulfide) groups is 1. The first kappa shape index (κ1) is 21.1. The van der Waals surface area contributed by atoms with E-state index in [-0.39, 0.29) is 4.91 Å². The van der Waals surface area contributed by atoms with Gasteiger partial charge in [0.15, 0.2) is 0 Å². The summed E-state index contributed by atoms with van der Waals surface area (Å²) >= 11 is 4.20. The number of rotatable bonds is 6. The van der Waals surface area contributed by atoms with E-state index in [2.05, 4.69) is 20.7 Å². The summed E-state index contributed by atoms with van der Waals surface area (Å²) in [6.07, 6.45) is 1.60. The minimum Gasteiger partial charge on any atom is -0.488 e. The van der Waals surface area contributed by atoms with Crippen LogP contribution in [0.2, 0.25) is 0 Å². The van der Waals surface area contributed by atoms with Gasteiger partial charge in [-0.05, 0) is 48.5 Å². The van der Waals surface area contributed by atoms with Crippen LogP contribution in [-0.2, 0) is 20.9 Å². The van der Waals surface area contributed by atoms with Crippen LogP contribution < -0.4 is 4.74 Å². The van der Waals surface area contributed by atoms with Gasteiger partial charge in [-0.1, -0.05) is 45.8 Å². The molecule has 0 atom stereocenters. The van der Waals surface area contributed by atoms with Crippen LogP contribution in [0.15, 0.2) is 51.8 Å². The molecule has 0 spiro atoms. The molecule has 3 rings (SSSR count). The maximum Gasteiger partial charge on any atom is 0.325 e. The van der Waals surface area contributed by atoms with Crippen LogP contribution in [0.5, 0.6) is 5.75 Å². The van der Waals surface area contributed by atoms with E-state index in [4.69, 9.17) is 4.74 Å². The number of benzene rings is 2. The topological polar surface area (TPSA) is 72.9 Å². The minimum absolute atomic E-state index is 0.220. The van der Waals surface area contributed by atoms with Crippen LogP contribution in [0.4, 0.5) is 4.79 Å². The molecule has 150 valence electrons. The molecule has 29 heavy (non-hydrogen) atoms. The van der Waals surface area contributed by atoms with E-state index in [0.717, 1.165) is 32.3 Å². The number of nitrogens with zero attached hydrogens (tertiary/aromatic N) is 1. The van der Waals surface area contributed by atoms with Crippen LogP contribution in [0.3, 0.4) is 0 Å². The van der Waals surface area contributed by atoms with Gasteiger partial charge >= 0.3 is 5.97 Å². The second-order valence-corrected chi connectivity index (χ2v) is 8.21. The number of carbonyl (C=O) groups is 3. The van der Waals surface area contributed by atoms with Crippen molar-refractivity contribution >= 4 is 50.9 Å². The molecule has 1 fully saturated rings. The number of amides is 2. The van der Waals surface area contributed by atoms with Gasteiger partial charge in [0.2, 0.25) is 0 Å². The second kappa shape index (κ2) is 9.28. The summed E-state index contributed by atoms with van der Waals surface area (Å²) in [6.45, 7) is 1.97. The lowest BCUT2D eigenvalue weighted by atomic mass is 10.1. The maximum atomic E-state index is 12.5. The largest absolute Gasteiger partial charge is 0.488 e. The monoisotopic (exact) mass is 475 g/mol. The Kier molecular flexibility index (Phi) is 6.76. The Morgan fingerprint density at radius 1 is 1.21 bits per heavy atom. The zero-order chi connectivity index (χ0) is 21.0. The zero-order valence-electron chi connectivity index (χ0n) is 15.8. The van der Waals surface area contributed by atoms with E-state index in [1.807, 2.05) is 37.3 Å². The highest BCUT2D eigenvalue weighted by Crippen LogP contribution is 2.35. The fourth-order valence-electron chi connectivity index (χ4n) is 2.70. The van der Waals surface area contributed by atoms with Crippen molar-refractivity contribution in [2.24, 2.45) is 0 Å². The Morgan fingerprint density at radius 2 is 2.00 bits per heavy atom. The molecule has 2 aromatic rings. The SMILES string of the molecule is COC(=O)CN1C(=O)S/C(=C/c2cc(Br)ccc2OCc2cccc(C)c2)C1=O. The molecule has 1 saturated heterocycles. The van der Waals surface area contributed by atoms with Gasteiger partial charge in [0, 0.05) is 10.0 Å². The van der Waals surface area contributed by atoms with Gasteiger partial charge in [-0.15, -0.1) is 0 Å². The Labute approximate surface area is 181 Å². The molecular formula is C21H18BrNO5S. The first-order valence-corrected chi connectivity index (χ1v) is 10.3. The molecule has 2 amide bonds. The Balaban J connectivity index is 1.83. The van der Waals surface area contributed by atoms with Crippen LogP contribution in [0.25, 0.3) is 6.08 Å². The molecule has 0 radical (unpaired) electrons. The summed E-state index contributed by atoms with van der Waals surface area (Å²) in [4.78, 5) is 37.2. The molecular weight excluding hydrogens is 458 g/mol. The number of aryl methyl sites for hydroxylation is 1. The summed E-state index contributed by atoms with van der Waals surface area (Å²) < 4.78 is 11.3. The predicted octanol–water partition coefficient (Wildman–Crippen LogP) is 4.55. The van der Waals surface area contributed by atoms with Crippen LogP contribution in [0, 0.1) is 6.92 Å². The van der Waals surface area contributed by atoms with Gasteiger partial charge in [0.1, 0.15) is 18.9 Å². The second-order valence-electron chi connectivity index (χ2n) is 6.30. The number of carbonyl (C=O) groups excluding carboxylic acids is 3. The minimum atomic E-state index is -0.654. The summed E-state index contributed by atoms with van der Waals surface area (Å²) in [5.74, 6) is -0.609. The van der Waals surface area contributed by atoms with E-state index in [9.17, 15) is 14.4 Å². The van der Waals surface area contributed by atoms with Crippen molar-refractivity contribution in [3.8, 4) is 5.75 Å². The van der Waals surface area contributed by atoms with E-state index in [1.165, 1.54) is 7.11 Å². The molecule has 1 aliphatic rings. The molecule has 0 N–H and O–H groups in total. The lowest BCUT2D eigenvalue weighted by Crippen LogP contribution is -2.34. The molecule has 0 saturated carbocycles. The van der Waals surface area contributed by atoms with Gasteiger partial charge in [0.05, 0.1) is 12.0 Å². The molecule has 0 aromatic heterocycles. The maximum absolute atomic E-state index is 12.5. The van der Waals surface area contributed by atoms with E-state index >= 15 is 0 Å². The fourth-order valence-corrected chi connectivity index (χ4v) is 3.91. The van der Waals surface area contributed by atoms with Gasteiger partial charge in [0.25, 0.3) is 11.1 Å². The van der Waals surface area contributed by atoms with Crippen LogP contribution in [0.1, 0.15) is 16.7 Å². The summed E-state index contributed by atoms with van der Waals surface area (Å²) in [5.41, 5.74) is 2.81. The molecule has 2 aromatic carbocycles. The molecule has 0 aliphatic carbocycles. The molecule has 6 nitrogen and oxygen atoms in total. The number of esters is 1. The Bertz CT molecular complexity index is 1000. The Morgan fingerprint density at radius 3 is 2.72 bits per heavy atom. The highest BCUT2D eigenvalue weighted by atomic mass is 79.9. The number of hydrogen-bond acceptors (Lipinski definition) is 6. The average Bonchev–Trinajstić information content (AvgIpc) is 2.94. The van der Waals surface area contributed by atoms with Crippen molar-refractivity contribution < 1.29 is 23.9 Å². The Hall–Kier alpha value is -2.58. The zero-order valence-corrected chi connectivity index (χ0v) is 18.2. The fraction of sp³-hybridized carbons (Fsp3) is 0.190. The number of hydrogen-bond donors (Lipinski definition) is 0. The molecule has 0 unspecified atom stereocenters. The van der Waals surface area contributed by atoms with Crippen molar-refractivity contribution in [3.05, 3.63) is 68.5 Å². The summed E-state index contributed by atoms with van der Waals surface area (Å²) in [7, 11) is 1.20. The van der Waals surface area contributed by atoms with Crippen molar-refractivity contribution in [2.45, 2.75) is 13.5 Å².